The normalized spacial score (nSPS) is 14.1. The van der Waals surface area contributed by atoms with E-state index in [1.165, 1.54) is 29.0 Å². The van der Waals surface area contributed by atoms with Gasteiger partial charge in [-0.2, -0.15) is 13.2 Å². The van der Waals surface area contributed by atoms with E-state index in [9.17, 15) is 27.6 Å². The predicted octanol–water partition coefficient (Wildman–Crippen LogP) is 2.43. The average Bonchev–Trinajstić information content (AvgIpc) is 2.81. The topological polar surface area (TPSA) is 79.0 Å². The van der Waals surface area contributed by atoms with Crippen molar-refractivity contribution in [1.29, 1.82) is 0 Å². The smallest absolute Gasteiger partial charge is 0.417 e. The number of carbonyl (C=O) groups is 3. The van der Waals surface area contributed by atoms with Crippen LogP contribution in [0.25, 0.3) is 0 Å². The highest BCUT2D eigenvalue weighted by atomic mass is 19.4. The molecule has 32 heavy (non-hydrogen) atoms. The zero-order valence-corrected chi connectivity index (χ0v) is 17.3. The van der Waals surface area contributed by atoms with Gasteiger partial charge in [-0.05, 0) is 36.4 Å². The third kappa shape index (κ3) is 5.37. The third-order valence-corrected chi connectivity index (χ3v) is 5.13. The lowest BCUT2D eigenvalue weighted by Gasteiger charge is -2.35. The van der Waals surface area contributed by atoms with E-state index < -0.39 is 29.1 Å². The molecule has 0 bridgehead atoms. The van der Waals surface area contributed by atoms with Crippen LogP contribution < -0.4 is 10.1 Å². The molecule has 0 atom stereocenters. The highest BCUT2D eigenvalue weighted by Crippen LogP contribution is 2.32. The molecule has 3 rings (SSSR count). The largest absolute Gasteiger partial charge is 0.497 e. The summed E-state index contributed by atoms with van der Waals surface area (Å²) in [6.45, 7) is 0.302. The second-order valence-electron chi connectivity index (χ2n) is 7.13. The second-order valence-corrected chi connectivity index (χ2v) is 7.13. The van der Waals surface area contributed by atoms with Gasteiger partial charge in [0.2, 0.25) is 5.91 Å². The van der Waals surface area contributed by atoms with Crippen LogP contribution in [-0.4, -0.2) is 67.4 Å². The van der Waals surface area contributed by atoms with Gasteiger partial charge in [0.25, 0.3) is 11.8 Å². The number of alkyl halides is 3. The molecule has 0 saturated carbocycles. The number of ether oxygens (including phenoxy) is 1. The minimum absolute atomic E-state index is 0.100. The summed E-state index contributed by atoms with van der Waals surface area (Å²) in [5, 5.41) is 2.54. The molecular formula is C22H22F3N3O4. The van der Waals surface area contributed by atoms with Gasteiger partial charge in [0.15, 0.2) is 0 Å². The van der Waals surface area contributed by atoms with E-state index in [2.05, 4.69) is 5.32 Å². The van der Waals surface area contributed by atoms with Crippen molar-refractivity contribution in [3.8, 4) is 5.75 Å². The molecule has 0 unspecified atom stereocenters. The summed E-state index contributed by atoms with van der Waals surface area (Å²) in [5.41, 5.74) is -1.02. The van der Waals surface area contributed by atoms with Gasteiger partial charge in [-0.1, -0.05) is 12.1 Å². The Morgan fingerprint density at radius 2 is 1.53 bits per heavy atom. The highest BCUT2D eigenvalue weighted by Gasteiger charge is 2.36. The Balaban J connectivity index is 1.52. The summed E-state index contributed by atoms with van der Waals surface area (Å²) in [5.74, 6) is -0.881. The first-order valence-electron chi connectivity index (χ1n) is 9.86. The average molecular weight is 449 g/mol. The molecule has 170 valence electrons. The lowest BCUT2D eigenvalue weighted by molar-refractivity contribution is -0.138. The molecule has 0 radical (unpaired) electrons. The van der Waals surface area contributed by atoms with Crippen molar-refractivity contribution in [1.82, 2.24) is 15.1 Å². The highest BCUT2D eigenvalue weighted by molar-refractivity contribution is 5.97. The number of hydrogen-bond donors (Lipinski definition) is 1. The summed E-state index contributed by atoms with van der Waals surface area (Å²) >= 11 is 0. The van der Waals surface area contributed by atoms with Crippen molar-refractivity contribution in [2.24, 2.45) is 0 Å². The Morgan fingerprint density at radius 1 is 0.938 bits per heavy atom. The summed E-state index contributed by atoms with van der Waals surface area (Å²) in [6, 6.07) is 11.0. The molecule has 2 aromatic rings. The van der Waals surface area contributed by atoms with Crippen molar-refractivity contribution in [2.45, 2.75) is 6.18 Å². The zero-order valence-electron chi connectivity index (χ0n) is 17.3. The fourth-order valence-electron chi connectivity index (χ4n) is 3.36. The maximum atomic E-state index is 13.2. The van der Waals surface area contributed by atoms with Gasteiger partial charge in [0.1, 0.15) is 5.75 Å². The standard InChI is InChI=1S/C22H22F3N3O4/c1-32-16-8-6-15(7-9-16)20(30)26-14-19(29)27-10-12-28(13-11-27)21(31)17-4-2-3-5-18(17)22(23,24)25/h2-9H,10-14H2,1H3,(H,26,30). The van der Waals surface area contributed by atoms with Crippen LogP contribution in [0.5, 0.6) is 5.75 Å². The first-order valence-corrected chi connectivity index (χ1v) is 9.86. The number of rotatable bonds is 5. The van der Waals surface area contributed by atoms with Crippen LogP contribution in [0.1, 0.15) is 26.3 Å². The molecule has 1 N–H and O–H groups in total. The number of halogens is 3. The molecule has 10 heteroatoms. The van der Waals surface area contributed by atoms with Crippen LogP contribution in [0.2, 0.25) is 0 Å². The molecule has 1 aliphatic rings. The molecule has 0 aliphatic carbocycles. The number of benzene rings is 2. The fraction of sp³-hybridized carbons (Fsp3) is 0.318. The Hall–Kier alpha value is -3.56. The summed E-state index contributed by atoms with van der Waals surface area (Å²) < 4.78 is 44.6. The van der Waals surface area contributed by atoms with E-state index in [0.29, 0.717) is 11.3 Å². The number of methoxy groups -OCH3 is 1. The zero-order chi connectivity index (χ0) is 23.3. The summed E-state index contributed by atoms with van der Waals surface area (Å²) in [4.78, 5) is 40.0. The number of hydrogen-bond acceptors (Lipinski definition) is 4. The van der Waals surface area contributed by atoms with E-state index in [1.54, 1.807) is 24.3 Å². The monoisotopic (exact) mass is 449 g/mol. The lowest BCUT2D eigenvalue weighted by atomic mass is 10.1. The molecule has 3 amide bonds. The maximum absolute atomic E-state index is 13.2. The van der Waals surface area contributed by atoms with Crippen molar-refractivity contribution < 1.29 is 32.3 Å². The van der Waals surface area contributed by atoms with E-state index >= 15 is 0 Å². The molecular weight excluding hydrogens is 427 g/mol. The Kier molecular flexibility index (Phi) is 7.01. The van der Waals surface area contributed by atoms with Gasteiger partial charge in [0.05, 0.1) is 24.8 Å². The maximum Gasteiger partial charge on any atom is 0.417 e. The van der Waals surface area contributed by atoms with Crippen molar-refractivity contribution in [2.75, 3.05) is 39.8 Å². The number of amides is 3. The molecule has 0 spiro atoms. The van der Waals surface area contributed by atoms with Crippen LogP contribution in [0.4, 0.5) is 13.2 Å². The van der Waals surface area contributed by atoms with Gasteiger partial charge >= 0.3 is 6.18 Å². The van der Waals surface area contributed by atoms with Gasteiger partial charge in [-0.25, -0.2) is 0 Å². The van der Waals surface area contributed by atoms with Crippen LogP contribution in [0.3, 0.4) is 0 Å². The number of nitrogens with zero attached hydrogens (tertiary/aromatic N) is 2. The second kappa shape index (κ2) is 9.71. The Morgan fingerprint density at radius 3 is 2.12 bits per heavy atom. The Bertz CT molecular complexity index is 985. The molecule has 7 nitrogen and oxygen atoms in total. The number of nitrogens with one attached hydrogen (secondary N) is 1. The molecule has 1 saturated heterocycles. The molecule has 0 aromatic heterocycles. The molecule has 1 aliphatic heterocycles. The van der Waals surface area contributed by atoms with E-state index in [0.717, 1.165) is 12.1 Å². The van der Waals surface area contributed by atoms with Gasteiger partial charge < -0.3 is 19.9 Å². The molecule has 1 heterocycles. The summed E-state index contributed by atoms with van der Waals surface area (Å²) in [7, 11) is 1.51. The van der Waals surface area contributed by atoms with Crippen LogP contribution in [0, 0.1) is 0 Å². The minimum atomic E-state index is -4.63. The molecule has 2 aromatic carbocycles. The Labute approximate surface area is 182 Å². The SMILES string of the molecule is COc1ccc(C(=O)NCC(=O)N2CCN(C(=O)c3ccccc3C(F)(F)F)CC2)cc1. The van der Waals surface area contributed by atoms with Gasteiger partial charge in [-0.3, -0.25) is 14.4 Å². The van der Waals surface area contributed by atoms with Gasteiger partial charge in [-0.15, -0.1) is 0 Å². The molecule has 1 fully saturated rings. The van der Waals surface area contributed by atoms with Crippen molar-refractivity contribution in [3.05, 3.63) is 65.2 Å². The number of carbonyl (C=O) groups excluding carboxylic acids is 3. The first kappa shape index (κ1) is 23.1. The van der Waals surface area contributed by atoms with Crippen LogP contribution >= 0.6 is 0 Å². The fourth-order valence-corrected chi connectivity index (χ4v) is 3.36. The minimum Gasteiger partial charge on any atom is -0.497 e. The van der Waals surface area contributed by atoms with Gasteiger partial charge in [0, 0.05) is 31.7 Å². The lowest BCUT2D eigenvalue weighted by Crippen LogP contribution is -2.52. The number of piperazine rings is 1. The first-order chi connectivity index (χ1) is 15.2. The van der Waals surface area contributed by atoms with Crippen molar-refractivity contribution >= 4 is 17.7 Å². The van der Waals surface area contributed by atoms with Crippen LogP contribution in [-0.2, 0) is 11.0 Å². The third-order valence-electron chi connectivity index (χ3n) is 5.13. The predicted molar refractivity (Wildman–Crippen MR) is 109 cm³/mol. The van der Waals surface area contributed by atoms with Crippen molar-refractivity contribution in [3.63, 3.8) is 0 Å². The van der Waals surface area contributed by atoms with E-state index in [1.807, 2.05) is 0 Å². The van der Waals surface area contributed by atoms with E-state index in [-0.39, 0.29) is 38.6 Å². The van der Waals surface area contributed by atoms with E-state index in [4.69, 9.17) is 4.74 Å². The quantitative estimate of drug-likeness (QED) is 0.761. The van der Waals surface area contributed by atoms with Crippen LogP contribution in [0.15, 0.2) is 48.5 Å². The summed E-state index contributed by atoms with van der Waals surface area (Å²) in [6.07, 6.45) is -4.63.